The Morgan fingerprint density at radius 1 is 1.10 bits per heavy atom. The van der Waals surface area contributed by atoms with E-state index >= 15 is 0 Å². The van der Waals surface area contributed by atoms with Crippen molar-refractivity contribution in [2.45, 2.75) is 32.2 Å². The molecule has 1 fully saturated rings. The number of aryl methyl sites for hydroxylation is 1. The number of carbonyl (C=O) groups excluding carboxylic acids is 4. The van der Waals surface area contributed by atoms with Gasteiger partial charge in [-0.15, -0.1) is 0 Å². The van der Waals surface area contributed by atoms with Crippen LogP contribution in [0.5, 0.6) is 5.75 Å². The van der Waals surface area contributed by atoms with Gasteiger partial charge < -0.3 is 20.2 Å². The van der Waals surface area contributed by atoms with Gasteiger partial charge in [0.1, 0.15) is 12.4 Å². The Hall–Kier alpha value is -4.68. The fourth-order valence-corrected chi connectivity index (χ4v) is 4.07. The largest absolute Gasteiger partial charge is 0.493 e. The normalized spacial score (nSPS) is 17.2. The summed E-state index contributed by atoms with van der Waals surface area (Å²) in [4.78, 5) is 56.0. The maximum absolute atomic E-state index is 12.8. The minimum atomic E-state index is -5.31. The number of piperidine rings is 1. The van der Waals surface area contributed by atoms with Crippen molar-refractivity contribution in [1.29, 1.82) is 0 Å². The molecule has 0 spiro atoms. The van der Waals surface area contributed by atoms with E-state index in [9.17, 15) is 32.3 Å². The van der Waals surface area contributed by atoms with Crippen molar-refractivity contribution in [2.75, 3.05) is 6.54 Å². The molecule has 2 atom stereocenters. The lowest BCUT2D eigenvalue weighted by Gasteiger charge is -2.31. The average molecular weight is 544 g/mol. The zero-order valence-electron chi connectivity index (χ0n) is 20.5. The van der Waals surface area contributed by atoms with Gasteiger partial charge in [0.2, 0.25) is 5.91 Å². The highest BCUT2D eigenvalue weighted by atomic mass is 19.4. The number of alkyl halides is 3. The summed E-state index contributed by atoms with van der Waals surface area (Å²) in [5, 5.41) is 6.02. The zero-order valence-corrected chi connectivity index (χ0v) is 20.5. The molecule has 2 heterocycles. The minimum absolute atomic E-state index is 0.156. The monoisotopic (exact) mass is 544 g/mol. The summed E-state index contributed by atoms with van der Waals surface area (Å²) in [5.41, 5.74) is 4.28. The maximum atomic E-state index is 12.8. The lowest BCUT2D eigenvalue weighted by Crippen LogP contribution is -2.57. The van der Waals surface area contributed by atoms with E-state index < -0.39 is 48.2 Å². The highest BCUT2D eigenvalue weighted by molar-refractivity contribution is 5.96. The molecule has 1 aliphatic rings. The predicted molar refractivity (Wildman–Crippen MR) is 130 cm³/mol. The molecule has 10 nitrogen and oxygen atoms in total. The number of para-hydroxylation sites is 1. The van der Waals surface area contributed by atoms with E-state index in [0.717, 1.165) is 22.2 Å². The number of ether oxygens (including phenoxy) is 1. The minimum Gasteiger partial charge on any atom is -0.489 e. The van der Waals surface area contributed by atoms with Crippen molar-refractivity contribution in [3.05, 3.63) is 71.4 Å². The number of hydroxylamine groups is 1. The van der Waals surface area contributed by atoms with E-state index in [1.165, 1.54) is 17.6 Å². The van der Waals surface area contributed by atoms with Crippen LogP contribution in [0, 0.1) is 12.8 Å². The molecular weight excluding hydrogens is 521 g/mol. The quantitative estimate of drug-likeness (QED) is 0.406. The van der Waals surface area contributed by atoms with E-state index in [-0.39, 0.29) is 18.7 Å². The van der Waals surface area contributed by atoms with Gasteiger partial charge >= 0.3 is 12.1 Å². The number of hydrogen-bond acceptors (Lipinski definition) is 7. The number of benzene rings is 2. The highest BCUT2D eigenvalue weighted by Gasteiger charge is 2.43. The molecule has 1 saturated heterocycles. The van der Waals surface area contributed by atoms with Gasteiger partial charge in [-0.3, -0.25) is 19.4 Å². The third kappa shape index (κ3) is 6.80. The lowest BCUT2D eigenvalue weighted by molar-refractivity contribution is -0.208. The van der Waals surface area contributed by atoms with Crippen LogP contribution < -0.4 is 20.9 Å². The third-order valence-corrected chi connectivity index (χ3v) is 5.98. The molecule has 1 unspecified atom stereocenters. The van der Waals surface area contributed by atoms with Crippen LogP contribution in [0.4, 0.5) is 13.2 Å². The SMILES string of the molecule is Cc1cc(COc2ccc(C(=O)N[C@@H]3CNC(=O)CC3C(=O)NOC(=O)C(F)(F)F)cc2)c2ccccc2n1. The highest BCUT2D eigenvalue weighted by Crippen LogP contribution is 2.22. The predicted octanol–water partition coefficient (Wildman–Crippen LogP) is 2.49. The van der Waals surface area contributed by atoms with Crippen LogP contribution >= 0.6 is 0 Å². The van der Waals surface area contributed by atoms with Gasteiger partial charge in [0.15, 0.2) is 0 Å². The molecule has 3 amide bonds. The molecule has 0 aliphatic carbocycles. The number of halogens is 3. The first kappa shape index (κ1) is 27.4. The van der Waals surface area contributed by atoms with Crippen molar-refractivity contribution in [1.82, 2.24) is 21.1 Å². The van der Waals surface area contributed by atoms with E-state index in [2.05, 4.69) is 20.5 Å². The molecule has 0 bridgehead atoms. The number of nitrogens with one attached hydrogen (secondary N) is 3. The second kappa shape index (κ2) is 11.4. The molecule has 204 valence electrons. The van der Waals surface area contributed by atoms with Gasteiger partial charge in [0.05, 0.1) is 17.5 Å². The van der Waals surface area contributed by atoms with Crippen molar-refractivity contribution < 1.29 is 41.9 Å². The van der Waals surface area contributed by atoms with Gasteiger partial charge in [0, 0.05) is 35.2 Å². The first-order valence-electron chi connectivity index (χ1n) is 11.7. The Morgan fingerprint density at radius 2 is 1.82 bits per heavy atom. The molecule has 2 aromatic carbocycles. The van der Waals surface area contributed by atoms with E-state index in [4.69, 9.17) is 4.74 Å². The number of nitrogens with zero attached hydrogens (tertiary/aromatic N) is 1. The second-order valence-corrected chi connectivity index (χ2v) is 8.80. The van der Waals surface area contributed by atoms with Gasteiger partial charge in [-0.25, -0.2) is 4.79 Å². The molecule has 1 aromatic heterocycles. The third-order valence-electron chi connectivity index (χ3n) is 5.98. The number of pyridine rings is 1. The van der Waals surface area contributed by atoms with Gasteiger partial charge in [-0.1, -0.05) is 18.2 Å². The molecular formula is C26H23F3N4O6. The van der Waals surface area contributed by atoms with Crippen molar-refractivity contribution >= 4 is 34.6 Å². The maximum Gasteiger partial charge on any atom is 0.493 e. The van der Waals surface area contributed by atoms with Crippen LogP contribution in [0.3, 0.4) is 0 Å². The Kier molecular flexibility index (Phi) is 7.98. The zero-order chi connectivity index (χ0) is 28.2. The van der Waals surface area contributed by atoms with Crippen LogP contribution in [0.15, 0.2) is 54.6 Å². The lowest BCUT2D eigenvalue weighted by atomic mass is 9.91. The molecule has 1 aliphatic heterocycles. The summed E-state index contributed by atoms with van der Waals surface area (Å²) >= 11 is 0. The average Bonchev–Trinajstić information content (AvgIpc) is 2.90. The number of aromatic nitrogens is 1. The Morgan fingerprint density at radius 3 is 2.54 bits per heavy atom. The van der Waals surface area contributed by atoms with E-state index in [1.807, 2.05) is 37.3 Å². The number of fused-ring (bicyclic) bond motifs is 1. The standard InChI is InChI=1S/C26H23F3N4O6/c1-14-10-16(18-4-2-3-5-20(18)31-14)13-38-17-8-6-15(7-9-17)23(35)32-21-12-30-22(34)11-19(21)24(36)33-39-25(37)26(27,28)29/h2-10,19,21H,11-13H2,1H3,(H,30,34)(H,32,35)(H,33,36)/t19?,21-/m1/s1. The van der Waals surface area contributed by atoms with Crippen molar-refractivity contribution in [3.63, 3.8) is 0 Å². The van der Waals surface area contributed by atoms with Crippen LogP contribution in [0.2, 0.25) is 0 Å². The smallest absolute Gasteiger partial charge is 0.489 e. The summed E-state index contributed by atoms with van der Waals surface area (Å²) in [5.74, 6) is -5.70. The van der Waals surface area contributed by atoms with Crippen molar-refractivity contribution in [2.24, 2.45) is 5.92 Å². The Labute approximate surface area is 219 Å². The molecule has 4 rings (SSSR count). The molecule has 13 heteroatoms. The van der Waals surface area contributed by atoms with Crippen LogP contribution in [-0.2, 0) is 25.8 Å². The first-order chi connectivity index (χ1) is 18.5. The molecule has 39 heavy (non-hydrogen) atoms. The summed E-state index contributed by atoms with van der Waals surface area (Å²) < 4.78 is 42.9. The molecule has 3 N–H and O–H groups in total. The van der Waals surface area contributed by atoms with Crippen LogP contribution in [0.25, 0.3) is 10.9 Å². The van der Waals surface area contributed by atoms with Crippen LogP contribution in [0.1, 0.15) is 28.0 Å². The molecule has 0 saturated carbocycles. The molecule has 0 radical (unpaired) electrons. The summed E-state index contributed by atoms with van der Waals surface area (Å²) in [6, 6.07) is 14.8. The molecule has 3 aromatic rings. The topological polar surface area (TPSA) is 136 Å². The van der Waals surface area contributed by atoms with Crippen molar-refractivity contribution in [3.8, 4) is 5.75 Å². The summed E-state index contributed by atoms with van der Waals surface area (Å²) in [6.07, 6.45) is -5.75. The number of amides is 3. The van der Waals surface area contributed by atoms with E-state index in [1.54, 1.807) is 12.1 Å². The Balaban J connectivity index is 1.37. The van der Waals surface area contributed by atoms with E-state index in [0.29, 0.717) is 5.75 Å². The van der Waals surface area contributed by atoms with Crippen LogP contribution in [-0.4, -0.2) is 47.4 Å². The first-order valence-corrected chi connectivity index (χ1v) is 11.7. The summed E-state index contributed by atoms with van der Waals surface area (Å²) in [7, 11) is 0. The second-order valence-electron chi connectivity index (χ2n) is 8.80. The fourth-order valence-electron chi connectivity index (χ4n) is 4.07. The number of rotatable bonds is 6. The van der Waals surface area contributed by atoms with Gasteiger partial charge in [-0.05, 0) is 43.3 Å². The number of hydrogen-bond donors (Lipinski definition) is 3. The number of carbonyl (C=O) groups is 4. The fraction of sp³-hybridized carbons (Fsp3) is 0.269. The summed E-state index contributed by atoms with van der Waals surface area (Å²) in [6.45, 7) is 2.01. The van der Waals surface area contributed by atoms with Gasteiger partial charge in [0.25, 0.3) is 11.8 Å². The van der Waals surface area contributed by atoms with Gasteiger partial charge in [-0.2, -0.15) is 18.7 Å². The Bertz CT molecular complexity index is 1410.